The molecule has 0 aliphatic carbocycles. The van der Waals surface area contributed by atoms with Crippen LogP contribution in [0.25, 0.3) is 0 Å². The maximum Gasteiger partial charge on any atom is 0.336 e. The number of aromatic carboxylic acids is 1. The van der Waals surface area contributed by atoms with E-state index in [4.69, 9.17) is 5.11 Å². The molecule has 0 spiro atoms. The van der Waals surface area contributed by atoms with Crippen LogP contribution in [-0.2, 0) is 0 Å². The first-order valence-corrected chi connectivity index (χ1v) is 6.51. The molecule has 1 N–H and O–H groups in total. The minimum Gasteiger partial charge on any atom is -0.478 e. The topological polar surface area (TPSA) is 54.4 Å². The molecule has 2 aromatic carbocycles. The lowest BCUT2D eigenvalue weighted by atomic mass is 10.2. The highest BCUT2D eigenvalue weighted by atomic mass is 32.2. The number of carbonyl (C=O) groups is 2. The zero-order chi connectivity index (χ0) is 13.8. The van der Waals surface area contributed by atoms with E-state index >= 15 is 0 Å². The molecule has 0 fully saturated rings. The van der Waals surface area contributed by atoms with Crippen LogP contribution in [0.5, 0.6) is 0 Å². The van der Waals surface area contributed by atoms with Gasteiger partial charge in [-0.2, -0.15) is 0 Å². The second-order valence-electron chi connectivity index (χ2n) is 3.98. The average molecular weight is 272 g/mol. The molecule has 0 radical (unpaired) electrons. The normalized spacial score (nSPS) is 10.2. The van der Waals surface area contributed by atoms with Crippen molar-refractivity contribution in [2.75, 3.05) is 0 Å². The van der Waals surface area contributed by atoms with Gasteiger partial charge >= 0.3 is 5.97 Å². The summed E-state index contributed by atoms with van der Waals surface area (Å²) in [5, 5.41) is 9.10. The SMILES string of the molecule is CC(=O)c1ccc(Sc2ccccc2C(=O)O)cc1. The molecule has 19 heavy (non-hydrogen) atoms. The van der Waals surface area contributed by atoms with Crippen LogP contribution in [-0.4, -0.2) is 16.9 Å². The highest BCUT2D eigenvalue weighted by Crippen LogP contribution is 2.30. The van der Waals surface area contributed by atoms with E-state index in [2.05, 4.69) is 0 Å². The van der Waals surface area contributed by atoms with Crippen LogP contribution < -0.4 is 0 Å². The first-order chi connectivity index (χ1) is 9.08. The van der Waals surface area contributed by atoms with Gasteiger partial charge in [-0.3, -0.25) is 4.79 Å². The molecule has 0 unspecified atom stereocenters. The predicted octanol–water partition coefficient (Wildman–Crippen LogP) is 3.74. The second kappa shape index (κ2) is 5.71. The van der Waals surface area contributed by atoms with Crippen molar-refractivity contribution in [3.63, 3.8) is 0 Å². The lowest BCUT2D eigenvalue weighted by Crippen LogP contribution is -1.98. The number of carboxylic acid groups (broad SMARTS) is 1. The molecule has 96 valence electrons. The number of hydrogen-bond acceptors (Lipinski definition) is 3. The molecule has 0 bridgehead atoms. The Morgan fingerprint density at radius 1 is 1.00 bits per heavy atom. The van der Waals surface area contributed by atoms with E-state index in [1.165, 1.54) is 18.7 Å². The van der Waals surface area contributed by atoms with Gasteiger partial charge in [-0.25, -0.2) is 4.79 Å². The molecular weight excluding hydrogens is 260 g/mol. The molecule has 0 aliphatic heterocycles. The van der Waals surface area contributed by atoms with Gasteiger partial charge in [0.05, 0.1) is 5.56 Å². The Balaban J connectivity index is 2.26. The van der Waals surface area contributed by atoms with Crippen LogP contribution >= 0.6 is 11.8 Å². The van der Waals surface area contributed by atoms with Gasteiger partial charge in [0.2, 0.25) is 0 Å². The third-order valence-corrected chi connectivity index (χ3v) is 3.69. The van der Waals surface area contributed by atoms with Gasteiger partial charge in [-0.15, -0.1) is 0 Å². The van der Waals surface area contributed by atoms with Gasteiger partial charge in [-0.1, -0.05) is 36.0 Å². The third kappa shape index (κ3) is 3.23. The van der Waals surface area contributed by atoms with Gasteiger partial charge in [0.25, 0.3) is 0 Å². The van der Waals surface area contributed by atoms with Crippen molar-refractivity contribution in [1.29, 1.82) is 0 Å². The predicted molar refractivity (Wildman–Crippen MR) is 74.0 cm³/mol. The van der Waals surface area contributed by atoms with E-state index in [1.54, 1.807) is 36.4 Å². The van der Waals surface area contributed by atoms with Crippen LogP contribution in [0, 0.1) is 0 Å². The molecule has 0 atom stereocenters. The molecule has 4 heteroatoms. The first kappa shape index (κ1) is 13.4. The summed E-state index contributed by atoms with van der Waals surface area (Å²) in [6, 6.07) is 14.0. The lowest BCUT2D eigenvalue weighted by molar-refractivity contribution is 0.0693. The van der Waals surface area contributed by atoms with Crippen molar-refractivity contribution in [2.24, 2.45) is 0 Å². The van der Waals surface area contributed by atoms with Crippen molar-refractivity contribution in [2.45, 2.75) is 16.7 Å². The maximum atomic E-state index is 11.2. The number of rotatable bonds is 4. The summed E-state index contributed by atoms with van der Waals surface area (Å²) in [6.45, 7) is 1.52. The molecule has 2 rings (SSSR count). The Morgan fingerprint density at radius 3 is 2.21 bits per heavy atom. The first-order valence-electron chi connectivity index (χ1n) is 5.69. The molecule has 0 aliphatic rings. The molecular formula is C15H12O3S. The van der Waals surface area contributed by atoms with Gasteiger partial charge in [0.1, 0.15) is 0 Å². The standard InChI is InChI=1S/C15H12O3S/c1-10(16)11-6-8-12(9-7-11)19-14-5-3-2-4-13(14)15(17)18/h2-9H,1H3,(H,17,18). The van der Waals surface area contributed by atoms with E-state index in [9.17, 15) is 9.59 Å². The number of ketones is 1. The smallest absolute Gasteiger partial charge is 0.336 e. The number of carboxylic acids is 1. The van der Waals surface area contributed by atoms with Crippen molar-refractivity contribution in [3.8, 4) is 0 Å². The summed E-state index contributed by atoms with van der Waals surface area (Å²) in [7, 11) is 0. The fraction of sp³-hybridized carbons (Fsp3) is 0.0667. The summed E-state index contributed by atoms with van der Waals surface area (Å²) in [6.07, 6.45) is 0. The lowest BCUT2D eigenvalue weighted by Gasteiger charge is -2.05. The molecule has 3 nitrogen and oxygen atoms in total. The number of hydrogen-bond donors (Lipinski definition) is 1. The number of Topliss-reactive ketones (excluding diaryl/α,β-unsaturated/α-hetero) is 1. The summed E-state index contributed by atoms with van der Waals surface area (Å²) in [4.78, 5) is 23.9. The van der Waals surface area contributed by atoms with Crippen molar-refractivity contribution in [1.82, 2.24) is 0 Å². The molecule has 0 amide bonds. The minimum absolute atomic E-state index is 0.0162. The Morgan fingerprint density at radius 2 is 1.63 bits per heavy atom. The van der Waals surface area contributed by atoms with Gasteiger partial charge in [0, 0.05) is 15.4 Å². The largest absolute Gasteiger partial charge is 0.478 e. The number of carbonyl (C=O) groups excluding carboxylic acids is 1. The third-order valence-electron chi connectivity index (χ3n) is 2.61. The zero-order valence-electron chi connectivity index (χ0n) is 10.3. The average Bonchev–Trinajstić information content (AvgIpc) is 2.39. The fourth-order valence-electron chi connectivity index (χ4n) is 1.62. The van der Waals surface area contributed by atoms with Crippen LogP contribution in [0.4, 0.5) is 0 Å². The Bertz CT molecular complexity index is 618. The molecule has 0 aromatic heterocycles. The van der Waals surface area contributed by atoms with Gasteiger partial charge in [0.15, 0.2) is 5.78 Å². The van der Waals surface area contributed by atoms with E-state index in [-0.39, 0.29) is 11.3 Å². The summed E-state index contributed by atoms with van der Waals surface area (Å²) in [5.41, 5.74) is 0.930. The minimum atomic E-state index is -0.941. The van der Waals surface area contributed by atoms with Crippen molar-refractivity contribution < 1.29 is 14.7 Å². The fourth-order valence-corrected chi connectivity index (χ4v) is 2.55. The van der Waals surface area contributed by atoms with E-state index < -0.39 is 5.97 Å². The highest BCUT2D eigenvalue weighted by molar-refractivity contribution is 7.99. The Kier molecular flexibility index (Phi) is 4.02. The van der Waals surface area contributed by atoms with E-state index in [0.717, 1.165) is 4.90 Å². The van der Waals surface area contributed by atoms with E-state index in [1.807, 2.05) is 12.1 Å². The Labute approximate surface area is 115 Å². The van der Waals surface area contributed by atoms with E-state index in [0.29, 0.717) is 10.5 Å². The maximum absolute atomic E-state index is 11.2. The monoisotopic (exact) mass is 272 g/mol. The van der Waals surface area contributed by atoms with Gasteiger partial charge < -0.3 is 5.11 Å². The Hall–Kier alpha value is -2.07. The van der Waals surface area contributed by atoms with Crippen molar-refractivity contribution in [3.05, 3.63) is 59.7 Å². The summed E-state index contributed by atoms with van der Waals surface area (Å²) >= 11 is 1.37. The number of benzene rings is 2. The molecule has 0 saturated heterocycles. The summed E-state index contributed by atoms with van der Waals surface area (Å²) in [5.74, 6) is -0.925. The molecule has 2 aromatic rings. The van der Waals surface area contributed by atoms with Crippen LogP contribution in [0.2, 0.25) is 0 Å². The molecule has 0 saturated carbocycles. The second-order valence-corrected chi connectivity index (χ2v) is 5.10. The van der Waals surface area contributed by atoms with Crippen molar-refractivity contribution >= 4 is 23.5 Å². The van der Waals surface area contributed by atoms with Crippen LogP contribution in [0.3, 0.4) is 0 Å². The molecule has 0 heterocycles. The zero-order valence-corrected chi connectivity index (χ0v) is 11.1. The van der Waals surface area contributed by atoms with Crippen LogP contribution in [0.1, 0.15) is 27.6 Å². The van der Waals surface area contributed by atoms with Crippen LogP contribution in [0.15, 0.2) is 58.3 Å². The highest BCUT2D eigenvalue weighted by Gasteiger charge is 2.10. The van der Waals surface area contributed by atoms with Gasteiger partial charge in [-0.05, 0) is 31.2 Å². The summed E-state index contributed by atoms with van der Waals surface area (Å²) < 4.78 is 0. The quantitative estimate of drug-likeness (QED) is 0.861.